The molecule has 1 rings (SSSR count). The van der Waals surface area contributed by atoms with Gasteiger partial charge in [0, 0.05) is 3.57 Å². The molecule has 0 N–H and O–H groups in total. The van der Waals surface area contributed by atoms with Crippen molar-refractivity contribution in [3.05, 3.63) is 25.7 Å². The van der Waals surface area contributed by atoms with Crippen molar-refractivity contribution in [3.8, 4) is 5.75 Å². The third kappa shape index (κ3) is 2.13. The zero-order chi connectivity index (χ0) is 8.43. The predicted molar refractivity (Wildman–Crippen MR) is 55.7 cm³/mol. The fourth-order valence-electron chi connectivity index (χ4n) is 0.724. The van der Waals surface area contributed by atoms with Crippen molar-refractivity contribution < 1.29 is 4.74 Å². The lowest BCUT2D eigenvalue weighted by Crippen LogP contribution is -1.86. The molecule has 0 atom stereocenters. The fourth-order valence-corrected chi connectivity index (χ4v) is 2.36. The smallest absolute Gasteiger partial charge is 0.156 e. The molecule has 0 aliphatic heterocycles. The second-order valence-electron chi connectivity index (χ2n) is 1.90. The highest BCUT2D eigenvalue weighted by Crippen LogP contribution is 2.33. The molecule has 0 saturated carbocycles. The molecule has 0 saturated heterocycles. The van der Waals surface area contributed by atoms with Crippen molar-refractivity contribution in [3.63, 3.8) is 0 Å². The number of methoxy groups -OCH3 is 1. The second kappa shape index (κ2) is 3.83. The summed E-state index contributed by atoms with van der Waals surface area (Å²) >= 11 is 13.8. The molecule has 0 amide bonds. The summed E-state index contributed by atoms with van der Waals surface area (Å²) in [5.74, 6) is 0.536. The van der Waals surface area contributed by atoms with Gasteiger partial charge in [-0.15, -0.1) is 0 Å². The summed E-state index contributed by atoms with van der Waals surface area (Å²) in [5.41, 5.74) is 0. The van der Waals surface area contributed by atoms with E-state index in [1.54, 1.807) is 19.2 Å². The van der Waals surface area contributed by atoms with Gasteiger partial charge in [0.15, 0.2) is 5.75 Å². The normalized spacial score (nSPS) is 9.82. The Balaban J connectivity index is 3.25. The first-order chi connectivity index (χ1) is 5.15. The van der Waals surface area contributed by atoms with Gasteiger partial charge < -0.3 is 4.74 Å². The van der Waals surface area contributed by atoms with Gasteiger partial charge in [-0.1, -0.05) is 23.2 Å². The monoisotopic (exact) mass is 302 g/mol. The highest BCUT2D eigenvalue weighted by molar-refractivity contribution is 14.1. The van der Waals surface area contributed by atoms with Gasteiger partial charge in [0.05, 0.1) is 17.2 Å². The van der Waals surface area contributed by atoms with Crippen LogP contribution in [0.5, 0.6) is 5.75 Å². The SMILES string of the molecule is COc1c(Cl)cc(I)cc1Cl. The van der Waals surface area contributed by atoms with Gasteiger partial charge in [-0.2, -0.15) is 0 Å². The summed E-state index contributed by atoms with van der Waals surface area (Å²) in [7, 11) is 1.54. The summed E-state index contributed by atoms with van der Waals surface area (Å²) in [5, 5.41) is 1.09. The topological polar surface area (TPSA) is 9.23 Å². The first-order valence-corrected chi connectivity index (χ1v) is 4.67. The Labute approximate surface area is 88.8 Å². The van der Waals surface area contributed by atoms with Crippen LogP contribution in [-0.4, -0.2) is 7.11 Å². The molecule has 4 heteroatoms. The standard InChI is InChI=1S/C7H5Cl2IO/c1-11-7-5(8)2-4(10)3-6(7)9/h2-3H,1H3. The minimum atomic E-state index is 0.536. The molecular weight excluding hydrogens is 298 g/mol. The van der Waals surface area contributed by atoms with E-state index in [1.807, 2.05) is 0 Å². The van der Waals surface area contributed by atoms with Crippen molar-refractivity contribution >= 4 is 45.8 Å². The van der Waals surface area contributed by atoms with Crippen LogP contribution >= 0.6 is 45.8 Å². The van der Waals surface area contributed by atoms with E-state index < -0.39 is 0 Å². The largest absolute Gasteiger partial charge is 0.494 e. The summed E-state index contributed by atoms with van der Waals surface area (Å²) in [6.45, 7) is 0. The predicted octanol–water partition coefficient (Wildman–Crippen LogP) is 3.61. The first kappa shape index (κ1) is 9.42. The molecule has 0 aliphatic carbocycles. The van der Waals surface area contributed by atoms with Gasteiger partial charge in [0.25, 0.3) is 0 Å². The van der Waals surface area contributed by atoms with Gasteiger partial charge in [-0.3, -0.25) is 0 Å². The Kier molecular flexibility index (Phi) is 3.28. The molecule has 11 heavy (non-hydrogen) atoms. The van der Waals surface area contributed by atoms with E-state index in [0.717, 1.165) is 3.57 Å². The van der Waals surface area contributed by atoms with Crippen LogP contribution in [0.4, 0.5) is 0 Å². The molecule has 0 heterocycles. The number of ether oxygens (including phenoxy) is 1. The van der Waals surface area contributed by atoms with Crippen molar-refractivity contribution in [2.45, 2.75) is 0 Å². The molecule has 60 valence electrons. The van der Waals surface area contributed by atoms with Crippen LogP contribution in [0, 0.1) is 3.57 Å². The molecule has 1 nitrogen and oxygen atoms in total. The summed E-state index contributed by atoms with van der Waals surface area (Å²) in [4.78, 5) is 0. The van der Waals surface area contributed by atoms with Crippen LogP contribution < -0.4 is 4.74 Å². The maximum absolute atomic E-state index is 5.82. The van der Waals surface area contributed by atoms with Crippen LogP contribution in [0.15, 0.2) is 12.1 Å². The lowest BCUT2D eigenvalue weighted by molar-refractivity contribution is 0.415. The minimum Gasteiger partial charge on any atom is -0.494 e. The van der Waals surface area contributed by atoms with Crippen molar-refractivity contribution in [2.75, 3.05) is 7.11 Å². The van der Waals surface area contributed by atoms with Gasteiger partial charge in [0.1, 0.15) is 0 Å². The lowest BCUT2D eigenvalue weighted by atomic mass is 10.3. The highest BCUT2D eigenvalue weighted by atomic mass is 127. The number of benzene rings is 1. The van der Waals surface area contributed by atoms with Crippen LogP contribution in [0.2, 0.25) is 10.0 Å². The van der Waals surface area contributed by atoms with E-state index in [4.69, 9.17) is 27.9 Å². The van der Waals surface area contributed by atoms with E-state index in [0.29, 0.717) is 15.8 Å². The van der Waals surface area contributed by atoms with Gasteiger partial charge >= 0.3 is 0 Å². The van der Waals surface area contributed by atoms with Crippen LogP contribution in [0.1, 0.15) is 0 Å². The molecule has 1 aromatic carbocycles. The van der Waals surface area contributed by atoms with Crippen LogP contribution in [0.3, 0.4) is 0 Å². The van der Waals surface area contributed by atoms with Crippen molar-refractivity contribution in [1.29, 1.82) is 0 Å². The van der Waals surface area contributed by atoms with Crippen LogP contribution in [-0.2, 0) is 0 Å². The molecule has 0 spiro atoms. The maximum atomic E-state index is 5.82. The fraction of sp³-hybridized carbons (Fsp3) is 0.143. The molecule has 0 radical (unpaired) electrons. The molecule has 1 aromatic rings. The van der Waals surface area contributed by atoms with Crippen molar-refractivity contribution in [1.82, 2.24) is 0 Å². The molecular formula is C7H5Cl2IO. The first-order valence-electron chi connectivity index (χ1n) is 2.83. The molecule has 0 aliphatic rings. The average Bonchev–Trinajstić information content (AvgIpc) is 1.85. The zero-order valence-electron chi connectivity index (χ0n) is 5.70. The molecule has 0 bridgehead atoms. The number of halogens is 3. The van der Waals surface area contributed by atoms with Crippen molar-refractivity contribution in [2.24, 2.45) is 0 Å². The minimum absolute atomic E-state index is 0.536. The van der Waals surface area contributed by atoms with Gasteiger partial charge in [-0.05, 0) is 34.7 Å². The third-order valence-corrected chi connectivity index (χ3v) is 2.35. The zero-order valence-corrected chi connectivity index (χ0v) is 9.37. The highest BCUT2D eigenvalue weighted by Gasteiger charge is 2.06. The van der Waals surface area contributed by atoms with E-state index >= 15 is 0 Å². The quantitative estimate of drug-likeness (QED) is 0.720. The van der Waals surface area contributed by atoms with Crippen LogP contribution in [0.25, 0.3) is 0 Å². The maximum Gasteiger partial charge on any atom is 0.156 e. The van der Waals surface area contributed by atoms with E-state index in [2.05, 4.69) is 22.6 Å². The number of hydrogen-bond donors (Lipinski definition) is 0. The van der Waals surface area contributed by atoms with E-state index in [1.165, 1.54) is 0 Å². The van der Waals surface area contributed by atoms with Gasteiger partial charge in [-0.25, -0.2) is 0 Å². The Morgan fingerprint density at radius 1 is 1.27 bits per heavy atom. The molecule has 0 fully saturated rings. The van der Waals surface area contributed by atoms with Gasteiger partial charge in [0.2, 0.25) is 0 Å². The molecule has 0 unspecified atom stereocenters. The second-order valence-corrected chi connectivity index (χ2v) is 3.96. The Morgan fingerprint density at radius 3 is 2.09 bits per heavy atom. The Hall–Kier alpha value is 0.330. The molecule has 0 aromatic heterocycles. The van der Waals surface area contributed by atoms with E-state index in [-0.39, 0.29) is 0 Å². The lowest BCUT2D eigenvalue weighted by Gasteiger charge is -2.04. The van der Waals surface area contributed by atoms with E-state index in [9.17, 15) is 0 Å². The Morgan fingerprint density at radius 2 is 1.73 bits per heavy atom. The average molecular weight is 303 g/mol. The summed E-state index contributed by atoms with van der Waals surface area (Å²) < 4.78 is 5.96. The summed E-state index contributed by atoms with van der Waals surface area (Å²) in [6, 6.07) is 3.60. The number of rotatable bonds is 1. The Bertz CT molecular complexity index is 252. The summed E-state index contributed by atoms with van der Waals surface area (Å²) in [6.07, 6.45) is 0. The third-order valence-electron chi connectivity index (χ3n) is 1.17. The number of hydrogen-bond acceptors (Lipinski definition) is 1.